The van der Waals surface area contributed by atoms with Crippen molar-refractivity contribution in [3.63, 3.8) is 0 Å². The van der Waals surface area contributed by atoms with Gasteiger partial charge in [0.15, 0.2) is 0 Å². The smallest absolute Gasteiger partial charge is 0.118 e. The number of anilines is 4. The average molecular weight is 451 g/mol. The monoisotopic (exact) mass is 450 g/mol. The van der Waals surface area contributed by atoms with Crippen molar-refractivity contribution in [3.05, 3.63) is 82.9 Å². The number of hydrogen-bond acceptors (Lipinski definition) is 8. The van der Waals surface area contributed by atoms with Crippen LogP contribution in [0.1, 0.15) is 22.3 Å². The fourth-order valence-electron chi connectivity index (χ4n) is 5.52. The van der Waals surface area contributed by atoms with Crippen LogP contribution < -0.4 is 45.9 Å². The molecule has 0 spiro atoms. The Morgan fingerprint density at radius 2 is 0.735 bits per heavy atom. The first kappa shape index (κ1) is 20.5. The maximum absolute atomic E-state index is 6.65. The highest BCUT2D eigenvalue weighted by Crippen LogP contribution is 2.54. The molecule has 16 N–H and O–H groups in total. The first-order valence-electron chi connectivity index (χ1n) is 10.8. The molecule has 0 atom stereocenters. The Balaban J connectivity index is 1.75. The average Bonchev–Trinajstić information content (AvgIpc) is 3.12. The Bertz CT molecular complexity index is 1430. The molecule has 4 aromatic rings. The standard InChI is InChI=1S/C26H26N8/c27-11-1-3-15-19(7-11)25(31,32)21-9-13(29)5-17(23(15)21)18-6-14(30)10-22-24(18)16-4-2-12(28)8-20(16)26(22,33)34/h1-10H,27-34H2. The first-order valence-corrected chi connectivity index (χ1v) is 10.8. The molecule has 0 heterocycles. The molecule has 8 nitrogen and oxygen atoms in total. The summed E-state index contributed by atoms with van der Waals surface area (Å²) in [6.07, 6.45) is 0. The molecule has 0 unspecified atom stereocenters. The van der Waals surface area contributed by atoms with Gasteiger partial charge in [-0.05, 0) is 81.9 Å². The minimum Gasteiger partial charge on any atom is -0.399 e. The molecule has 170 valence electrons. The van der Waals surface area contributed by atoms with E-state index in [0.29, 0.717) is 33.9 Å². The molecule has 8 heteroatoms. The molecule has 0 fully saturated rings. The lowest BCUT2D eigenvalue weighted by Gasteiger charge is -2.23. The fraction of sp³-hybridized carbons (Fsp3) is 0.0769. The first-order chi connectivity index (χ1) is 16.0. The van der Waals surface area contributed by atoms with Gasteiger partial charge in [0.25, 0.3) is 0 Å². The largest absolute Gasteiger partial charge is 0.399 e. The van der Waals surface area contributed by atoms with Crippen LogP contribution in [0.4, 0.5) is 22.7 Å². The van der Waals surface area contributed by atoms with E-state index >= 15 is 0 Å². The van der Waals surface area contributed by atoms with E-state index in [1.165, 1.54) is 0 Å². The minimum absolute atomic E-state index is 0.522. The lowest BCUT2D eigenvalue weighted by molar-refractivity contribution is 0.584. The molecule has 0 radical (unpaired) electrons. The van der Waals surface area contributed by atoms with E-state index in [1.54, 1.807) is 0 Å². The number of rotatable bonds is 1. The molecule has 4 aromatic carbocycles. The Morgan fingerprint density at radius 1 is 0.382 bits per heavy atom. The second-order valence-corrected chi connectivity index (χ2v) is 9.33. The summed E-state index contributed by atoms with van der Waals surface area (Å²) in [5, 5.41) is 0. The molecular formula is C26H26N8. The molecule has 34 heavy (non-hydrogen) atoms. The summed E-state index contributed by atoms with van der Waals surface area (Å²) >= 11 is 0. The number of fused-ring (bicyclic) bond motifs is 6. The van der Waals surface area contributed by atoms with Crippen LogP contribution in [-0.4, -0.2) is 0 Å². The highest BCUT2D eigenvalue weighted by atomic mass is 15.0. The maximum atomic E-state index is 6.65. The zero-order chi connectivity index (χ0) is 24.2. The molecule has 0 bridgehead atoms. The van der Waals surface area contributed by atoms with E-state index in [9.17, 15) is 0 Å². The second-order valence-electron chi connectivity index (χ2n) is 9.33. The van der Waals surface area contributed by atoms with Crippen LogP contribution in [0.25, 0.3) is 33.4 Å². The third-order valence-corrected chi connectivity index (χ3v) is 7.02. The Hall–Kier alpha value is -4.08. The fourth-order valence-corrected chi connectivity index (χ4v) is 5.52. The Labute approximate surface area is 196 Å². The highest BCUT2D eigenvalue weighted by Gasteiger charge is 2.42. The zero-order valence-corrected chi connectivity index (χ0v) is 18.4. The molecule has 0 amide bonds. The highest BCUT2D eigenvalue weighted by molar-refractivity contribution is 6.02. The van der Waals surface area contributed by atoms with E-state index in [2.05, 4.69) is 0 Å². The molecule has 2 aliphatic carbocycles. The molecule has 0 saturated carbocycles. The van der Waals surface area contributed by atoms with Gasteiger partial charge in [-0.1, -0.05) is 12.1 Å². The van der Waals surface area contributed by atoms with E-state index in [4.69, 9.17) is 45.9 Å². The van der Waals surface area contributed by atoms with Gasteiger partial charge in [-0.25, -0.2) is 0 Å². The van der Waals surface area contributed by atoms with Crippen molar-refractivity contribution >= 4 is 22.7 Å². The Kier molecular flexibility index (Phi) is 3.79. The van der Waals surface area contributed by atoms with E-state index in [0.717, 1.165) is 44.5 Å². The summed E-state index contributed by atoms with van der Waals surface area (Å²) < 4.78 is 0. The van der Waals surface area contributed by atoms with Crippen molar-refractivity contribution in [2.24, 2.45) is 22.9 Å². The van der Waals surface area contributed by atoms with Gasteiger partial charge in [-0.2, -0.15) is 0 Å². The zero-order valence-electron chi connectivity index (χ0n) is 18.4. The lowest BCUT2D eigenvalue weighted by Crippen LogP contribution is -2.45. The third kappa shape index (κ3) is 2.50. The van der Waals surface area contributed by atoms with Crippen LogP contribution in [0.3, 0.4) is 0 Å². The summed E-state index contributed by atoms with van der Waals surface area (Å²) in [6, 6.07) is 18.6. The summed E-state index contributed by atoms with van der Waals surface area (Å²) in [5.74, 6) is 0. The predicted molar refractivity (Wildman–Crippen MR) is 139 cm³/mol. The van der Waals surface area contributed by atoms with Gasteiger partial charge in [-0.15, -0.1) is 0 Å². The molecule has 6 rings (SSSR count). The van der Waals surface area contributed by atoms with Crippen LogP contribution in [0.2, 0.25) is 0 Å². The van der Waals surface area contributed by atoms with Crippen molar-refractivity contribution < 1.29 is 0 Å². The maximum Gasteiger partial charge on any atom is 0.118 e. The van der Waals surface area contributed by atoms with Gasteiger partial charge in [-0.3, -0.25) is 0 Å². The van der Waals surface area contributed by atoms with Crippen molar-refractivity contribution in [1.29, 1.82) is 0 Å². The number of hydrogen-bond donors (Lipinski definition) is 8. The summed E-state index contributed by atoms with van der Waals surface area (Å²) in [5.41, 5.74) is 59.3. The summed E-state index contributed by atoms with van der Waals surface area (Å²) in [7, 11) is 0. The van der Waals surface area contributed by atoms with Gasteiger partial charge >= 0.3 is 0 Å². The van der Waals surface area contributed by atoms with Crippen LogP contribution in [-0.2, 0) is 11.3 Å². The van der Waals surface area contributed by atoms with E-state index in [1.807, 2.05) is 60.7 Å². The van der Waals surface area contributed by atoms with E-state index in [-0.39, 0.29) is 0 Å². The van der Waals surface area contributed by atoms with Crippen molar-refractivity contribution in [2.75, 3.05) is 22.9 Å². The van der Waals surface area contributed by atoms with Gasteiger partial charge in [0.2, 0.25) is 0 Å². The molecule has 2 aliphatic rings. The van der Waals surface area contributed by atoms with Crippen LogP contribution in [0.15, 0.2) is 60.7 Å². The molecule has 0 saturated heterocycles. The van der Waals surface area contributed by atoms with Crippen LogP contribution in [0.5, 0.6) is 0 Å². The number of nitrogens with two attached hydrogens (primary N) is 8. The van der Waals surface area contributed by atoms with Gasteiger partial charge in [0.1, 0.15) is 11.3 Å². The van der Waals surface area contributed by atoms with Crippen LogP contribution >= 0.6 is 0 Å². The van der Waals surface area contributed by atoms with Gasteiger partial charge in [0, 0.05) is 45.0 Å². The number of nitrogen functional groups attached to an aromatic ring is 4. The van der Waals surface area contributed by atoms with Crippen molar-refractivity contribution in [2.45, 2.75) is 11.3 Å². The van der Waals surface area contributed by atoms with Gasteiger partial charge in [0.05, 0.1) is 0 Å². The SMILES string of the molecule is Nc1ccc2c(c1)C(N)(N)c1cc(N)cc(-c3cc(N)cc4c3-c3ccc(N)cc3C4(N)N)c1-2. The predicted octanol–water partition coefficient (Wildman–Crippen LogP) is 1.88. The Morgan fingerprint density at radius 3 is 1.12 bits per heavy atom. The van der Waals surface area contributed by atoms with Crippen molar-refractivity contribution in [1.82, 2.24) is 0 Å². The lowest BCUT2D eigenvalue weighted by atomic mass is 9.87. The number of benzene rings is 4. The summed E-state index contributed by atoms with van der Waals surface area (Å²) in [6.45, 7) is 0. The van der Waals surface area contributed by atoms with Crippen molar-refractivity contribution in [3.8, 4) is 33.4 Å². The minimum atomic E-state index is -1.26. The van der Waals surface area contributed by atoms with E-state index < -0.39 is 11.3 Å². The third-order valence-electron chi connectivity index (χ3n) is 7.02. The molecule has 0 aromatic heterocycles. The molecular weight excluding hydrogens is 424 g/mol. The second kappa shape index (κ2) is 6.28. The summed E-state index contributed by atoms with van der Waals surface area (Å²) in [4.78, 5) is 0. The van der Waals surface area contributed by atoms with Crippen LogP contribution in [0, 0.1) is 0 Å². The normalized spacial score (nSPS) is 16.0. The molecule has 0 aliphatic heterocycles. The topological polar surface area (TPSA) is 208 Å². The van der Waals surface area contributed by atoms with Gasteiger partial charge < -0.3 is 45.9 Å². The quantitative estimate of drug-likeness (QED) is 0.158.